The van der Waals surface area contributed by atoms with Crippen LogP contribution in [0.4, 0.5) is 0 Å². The predicted octanol–water partition coefficient (Wildman–Crippen LogP) is 1.09. The molecule has 0 radical (unpaired) electrons. The van der Waals surface area contributed by atoms with Crippen LogP contribution in [0.2, 0.25) is 0 Å². The van der Waals surface area contributed by atoms with E-state index in [1.165, 1.54) is 6.92 Å². The number of carboxylic acids is 1. The smallest absolute Gasteiger partial charge is 0.328 e. The Morgan fingerprint density at radius 1 is 1.56 bits per heavy atom. The Labute approximate surface area is 52.9 Å². The molecule has 0 aromatic heterocycles. The molecule has 0 amide bonds. The van der Waals surface area contributed by atoms with Gasteiger partial charge in [-0.1, -0.05) is 6.58 Å². The fraction of sp³-hybridized carbons (Fsp3) is 0.167. The van der Waals surface area contributed by atoms with Crippen molar-refractivity contribution in [3.05, 3.63) is 24.0 Å². The van der Waals surface area contributed by atoms with E-state index in [4.69, 9.17) is 10.2 Å². The van der Waals surface area contributed by atoms with Gasteiger partial charge in [0.05, 0.1) is 0 Å². The number of hydrogen-bond donors (Lipinski definition) is 2. The van der Waals surface area contributed by atoms with Crippen LogP contribution in [0.15, 0.2) is 24.0 Å². The Morgan fingerprint density at radius 3 is 2.11 bits per heavy atom. The van der Waals surface area contributed by atoms with Gasteiger partial charge in [0, 0.05) is 6.08 Å². The van der Waals surface area contributed by atoms with Crippen molar-refractivity contribution >= 4 is 5.97 Å². The summed E-state index contributed by atoms with van der Waals surface area (Å²) in [6.07, 6.45) is 0.891. The Kier molecular flexibility index (Phi) is 2.51. The Morgan fingerprint density at radius 2 is 2.00 bits per heavy atom. The van der Waals surface area contributed by atoms with Crippen LogP contribution in [0.1, 0.15) is 6.92 Å². The molecule has 50 valence electrons. The minimum absolute atomic E-state index is 0.211. The van der Waals surface area contributed by atoms with Gasteiger partial charge in [0.1, 0.15) is 5.76 Å². The minimum atomic E-state index is -1.08. The monoisotopic (exact) mass is 128 g/mol. The van der Waals surface area contributed by atoms with Gasteiger partial charge in [-0.05, 0) is 12.5 Å². The summed E-state index contributed by atoms with van der Waals surface area (Å²) in [5.74, 6) is -1.29. The Bertz CT molecular complexity index is 167. The number of carboxylic acid groups (broad SMARTS) is 1. The summed E-state index contributed by atoms with van der Waals surface area (Å²) in [4.78, 5) is 9.89. The topological polar surface area (TPSA) is 57.5 Å². The zero-order chi connectivity index (χ0) is 7.44. The second-order valence-corrected chi connectivity index (χ2v) is 1.61. The number of carbonyl (C=O) groups is 1. The molecule has 0 saturated heterocycles. The van der Waals surface area contributed by atoms with Gasteiger partial charge in [-0.25, -0.2) is 4.79 Å². The molecule has 0 spiro atoms. The lowest BCUT2D eigenvalue weighted by molar-refractivity contribution is -0.131. The van der Waals surface area contributed by atoms with Gasteiger partial charge < -0.3 is 10.2 Å². The van der Waals surface area contributed by atoms with Crippen LogP contribution in [-0.2, 0) is 4.79 Å². The minimum Gasteiger partial charge on any atom is -0.508 e. The SMILES string of the molecule is C=C(O)/C(C)=C\C(=O)O. The molecule has 0 aliphatic heterocycles. The molecule has 0 bridgehead atoms. The summed E-state index contributed by atoms with van der Waals surface area (Å²) in [5.41, 5.74) is 0.266. The number of allylic oxidation sites excluding steroid dienone is 1. The second-order valence-electron chi connectivity index (χ2n) is 1.61. The summed E-state index contributed by atoms with van der Waals surface area (Å²) in [5, 5.41) is 16.6. The van der Waals surface area contributed by atoms with Crippen LogP contribution in [0.3, 0.4) is 0 Å². The van der Waals surface area contributed by atoms with E-state index in [9.17, 15) is 4.79 Å². The highest BCUT2D eigenvalue weighted by atomic mass is 16.4. The molecule has 0 aliphatic rings. The fourth-order valence-electron chi connectivity index (χ4n) is 0.269. The van der Waals surface area contributed by atoms with E-state index in [0.29, 0.717) is 0 Å². The molecule has 9 heavy (non-hydrogen) atoms. The first-order valence-corrected chi connectivity index (χ1v) is 2.33. The third-order valence-electron chi connectivity index (χ3n) is 0.795. The number of hydrogen-bond acceptors (Lipinski definition) is 2. The first-order valence-electron chi connectivity index (χ1n) is 2.33. The van der Waals surface area contributed by atoms with Crippen molar-refractivity contribution in [2.24, 2.45) is 0 Å². The molecule has 0 saturated carbocycles. The van der Waals surface area contributed by atoms with Gasteiger partial charge in [0.15, 0.2) is 0 Å². The largest absolute Gasteiger partial charge is 0.508 e. The van der Waals surface area contributed by atoms with E-state index in [0.717, 1.165) is 6.08 Å². The van der Waals surface area contributed by atoms with Crippen molar-refractivity contribution in [2.45, 2.75) is 6.92 Å². The van der Waals surface area contributed by atoms with Crippen LogP contribution < -0.4 is 0 Å². The van der Waals surface area contributed by atoms with Gasteiger partial charge in [-0.15, -0.1) is 0 Å². The van der Waals surface area contributed by atoms with Gasteiger partial charge >= 0.3 is 5.97 Å². The maximum Gasteiger partial charge on any atom is 0.328 e. The molecule has 0 aliphatic carbocycles. The van der Waals surface area contributed by atoms with Crippen molar-refractivity contribution in [2.75, 3.05) is 0 Å². The zero-order valence-corrected chi connectivity index (χ0v) is 5.09. The molecule has 0 rings (SSSR count). The lowest BCUT2D eigenvalue weighted by atomic mass is 10.2. The first-order chi connectivity index (χ1) is 4.04. The average Bonchev–Trinajstić information content (AvgIpc) is 1.63. The molecule has 0 heterocycles. The summed E-state index contributed by atoms with van der Waals surface area (Å²) in [7, 11) is 0. The summed E-state index contributed by atoms with van der Waals surface area (Å²) >= 11 is 0. The van der Waals surface area contributed by atoms with Crippen molar-refractivity contribution in [3.63, 3.8) is 0 Å². The number of aliphatic carboxylic acids is 1. The molecule has 3 nitrogen and oxygen atoms in total. The fourth-order valence-corrected chi connectivity index (χ4v) is 0.269. The number of aliphatic hydroxyl groups excluding tert-OH is 1. The van der Waals surface area contributed by atoms with Crippen LogP contribution in [0, 0.1) is 0 Å². The summed E-state index contributed by atoms with van der Waals surface area (Å²) in [6.45, 7) is 4.60. The highest BCUT2D eigenvalue weighted by Gasteiger charge is 1.94. The molecular weight excluding hydrogens is 120 g/mol. The van der Waals surface area contributed by atoms with E-state index >= 15 is 0 Å². The van der Waals surface area contributed by atoms with Gasteiger partial charge in [-0.2, -0.15) is 0 Å². The highest BCUT2D eigenvalue weighted by molar-refractivity contribution is 5.81. The maximum atomic E-state index is 9.89. The van der Waals surface area contributed by atoms with Crippen LogP contribution >= 0.6 is 0 Å². The Hall–Kier alpha value is -1.25. The van der Waals surface area contributed by atoms with E-state index in [2.05, 4.69) is 6.58 Å². The van der Waals surface area contributed by atoms with E-state index in [-0.39, 0.29) is 11.3 Å². The third-order valence-corrected chi connectivity index (χ3v) is 0.795. The number of aliphatic hydroxyl groups is 1. The summed E-state index contributed by atoms with van der Waals surface area (Å²) in [6, 6.07) is 0. The Balaban J connectivity index is 4.17. The predicted molar refractivity (Wildman–Crippen MR) is 33.2 cm³/mol. The van der Waals surface area contributed by atoms with Crippen molar-refractivity contribution < 1.29 is 15.0 Å². The summed E-state index contributed by atoms with van der Waals surface area (Å²) < 4.78 is 0. The molecule has 3 heteroatoms. The van der Waals surface area contributed by atoms with E-state index in [1.54, 1.807) is 0 Å². The molecule has 0 unspecified atom stereocenters. The molecule has 0 fully saturated rings. The quantitative estimate of drug-likeness (QED) is 0.332. The lowest BCUT2D eigenvalue weighted by Crippen LogP contribution is -1.90. The number of rotatable bonds is 2. The second kappa shape index (κ2) is 2.91. The maximum absolute atomic E-state index is 9.89. The standard InChI is InChI=1S/C6H8O3/c1-4(5(2)7)3-6(8)9/h3,7H,2H2,1H3,(H,8,9)/b4-3-. The van der Waals surface area contributed by atoms with Gasteiger partial charge in [0.2, 0.25) is 0 Å². The first kappa shape index (κ1) is 7.75. The molecule has 0 aromatic rings. The molecule has 0 aromatic carbocycles. The van der Waals surface area contributed by atoms with Crippen LogP contribution in [0.5, 0.6) is 0 Å². The van der Waals surface area contributed by atoms with Crippen molar-refractivity contribution in [1.82, 2.24) is 0 Å². The van der Waals surface area contributed by atoms with Crippen LogP contribution in [-0.4, -0.2) is 16.2 Å². The molecular formula is C6H8O3. The highest BCUT2D eigenvalue weighted by Crippen LogP contribution is 2.00. The molecule has 0 atom stereocenters. The van der Waals surface area contributed by atoms with Crippen molar-refractivity contribution in [3.8, 4) is 0 Å². The van der Waals surface area contributed by atoms with E-state index < -0.39 is 5.97 Å². The normalized spacial score (nSPS) is 11.0. The van der Waals surface area contributed by atoms with E-state index in [1.807, 2.05) is 0 Å². The molecule has 2 N–H and O–H groups in total. The zero-order valence-electron chi connectivity index (χ0n) is 5.09. The third kappa shape index (κ3) is 3.34. The lowest BCUT2D eigenvalue weighted by Gasteiger charge is -1.92. The van der Waals surface area contributed by atoms with Gasteiger partial charge in [0.25, 0.3) is 0 Å². The average molecular weight is 128 g/mol. The van der Waals surface area contributed by atoms with Crippen molar-refractivity contribution in [1.29, 1.82) is 0 Å². The van der Waals surface area contributed by atoms with Gasteiger partial charge in [-0.3, -0.25) is 0 Å². The van der Waals surface area contributed by atoms with Crippen LogP contribution in [0.25, 0.3) is 0 Å².